The van der Waals surface area contributed by atoms with Crippen molar-refractivity contribution in [2.75, 3.05) is 40.3 Å². The van der Waals surface area contributed by atoms with Crippen molar-refractivity contribution in [1.29, 1.82) is 5.26 Å². The van der Waals surface area contributed by atoms with Crippen molar-refractivity contribution < 1.29 is 9.90 Å². The summed E-state index contributed by atoms with van der Waals surface area (Å²) in [6, 6.07) is 2.03. The van der Waals surface area contributed by atoms with Crippen molar-refractivity contribution in [3.05, 3.63) is 0 Å². The quantitative estimate of drug-likeness (QED) is 0.577. The van der Waals surface area contributed by atoms with E-state index in [1.54, 1.807) is 0 Å². The number of carboxylic acids is 1. The van der Waals surface area contributed by atoms with E-state index < -0.39 is 5.97 Å². The zero-order chi connectivity index (χ0) is 11.0. The predicted molar refractivity (Wildman–Crippen MR) is 52.9 cm³/mol. The minimum Gasteiger partial charge on any atom is -0.481 e. The lowest BCUT2D eigenvalue weighted by molar-refractivity contribution is -0.137. The summed E-state index contributed by atoms with van der Waals surface area (Å²) in [6.07, 6.45) is 0.0924. The van der Waals surface area contributed by atoms with Crippen molar-refractivity contribution >= 4 is 5.97 Å². The monoisotopic (exact) mass is 199 g/mol. The maximum atomic E-state index is 10.3. The molecule has 0 heterocycles. The van der Waals surface area contributed by atoms with Gasteiger partial charge in [-0.3, -0.25) is 9.69 Å². The molecular formula is C9H17N3O2. The third-order valence-corrected chi connectivity index (χ3v) is 1.80. The summed E-state index contributed by atoms with van der Waals surface area (Å²) >= 11 is 0. The SMILES string of the molecule is CN(C)CCN(CC#N)CCC(=O)O. The van der Waals surface area contributed by atoms with Crippen molar-refractivity contribution in [3.8, 4) is 6.07 Å². The first-order chi connectivity index (χ1) is 6.56. The molecule has 5 heteroatoms. The van der Waals surface area contributed by atoms with Gasteiger partial charge in [0.15, 0.2) is 0 Å². The first kappa shape index (κ1) is 12.9. The molecule has 0 rings (SSSR count). The van der Waals surface area contributed by atoms with Gasteiger partial charge in [-0.05, 0) is 14.1 Å². The summed E-state index contributed by atoms with van der Waals surface area (Å²) in [5.74, 6) is -0.821. The van der Waals surface area contributed by atoms with Gasteiger partial charge in [0.05, 0.1) is 19.0 Å². The Bertz CT molecular complexity index is 211. The Labute approximate surface area is 84.5 Å². The average molecular weight is 199 g/mol. The standard InChI is InChI=1S/C9H17N3O2/c1-11(2)7-8-12(6-4-10)5-3-9(13)14/h3,5-8H2,1-2H3,(H,13,14). The zero-order valence-corrected chi connectivity index (χ0v) is 8.73. The van der Waals surface area contributed by atoms with Crippen LogP contribution in [-0.4, -0.2) is 61.2 Å². The second-order valence-corrected chi connectivity index (χ2v) is 3.38. The predicted octanol–water partition coefficient (Wildman–Crippen LogP) is -0.152. The molecule has 0 fully saturated rings. The molecule has 0 aromatic carbocycles. The summed E-state index contributed by atoms with van der Waals surface area (Å²) < 4.78 is 0. The first-order valence-electron chi connectivity index (χ1n) is 4.52. The van der Waals surface area contributed by atoms with Gasteiger partial charge in [-0.1, -0.05) is 0 Å². The van der Waals surface area contributed by atoms with Crippen molar-refractivity contribution in [1.82, 2.24) is 9.80 Å². The van der Waals surface area contributed by atoms with E-state index in [9.17, 15) is 4.79 Å². The fraction of sp³-hybridized carbons (Fsp3) is 0.778. The normalized spacial score (nSPS) is 10.5. The molecule has 1 N–H and O–H groups in total. The number of hydrogen-bond donors (Lipinski definition) is 1. The van der Waals surface area contributed by atoms with E-state index in [0.29, 0.717) is 13.1 Å². The molecule has 0 aromatic rings. The molecule has 80 valence electrons. The molecule has 0 amide bonds. The van der Waals surface area contributed by atoms with Gasteiger partial charge in [-0.2, -0.15) is 5.26 Å². The summed E-state index contributed by atoms with van der Waals surface area (Å²) in [4.78, 5) is 14.2. The molecule has 0 spiro atoms. The Morgan fingerprint density at radius 3 is 2.43 bits per heavy atom. The van der Waals surface area contributed by atoms with Gasteiger partial charge < -0.3 is 10.0 Å². The number of nitrogens with zero attached hydrogens (tertiary/aromatic N) is 3. The third kappa shape index (κ3) is 7.53. The molecular weight excluding hydrogens is 182 g/mol. The fourth-order valence-electron chi connectivity index (χ4n) is 0.965. The summed E-state index contributed by atoms with van der Waals surface area (Å²) in [6.45, 7) is 2.30. The molecule has 0 aliphatic heterocycles. The van der Waals surface area contributed by atoms with Crippen LogP contribution in [0.5, 0.6) is 0 Å². The van der Waals surface area contributed by atoms with Gasteiger partial charge >= 0.3 is 5.97 Å². The number of carboxylic acid groups (broad SMARTS) is 1. The van der Waals surface area contributed by atoms with Gasteiger partial charge in [-0.15, -0.1) is 0 Å². The number of aliphatic carboxylic acids is 1. The van der Waals surface area contributed by atoms with Gasteiger partial charge in [-0.25, -0.2) is 0 Å². The number of hydrogen-bond acceptors (Lipinski definition) is 4. The minimum atomic E-state index is -0.821. The van der Waals surface area contributed by atoms with Crippen LogP contribution in [0, 0.1) is 11.3 Å². The highest BCUT2D eigenvalue weighted by molar-refractivity contribution is 5.66. The van der Waals surface area contributed by atoms with Crippen LogP contribution < -0.4 is 0 Å². The lowest BCUT2D eigenvalue weighted by atomic mass is 10.3. The highest BCUT2D eigenvalue weighted by atomic mass is 16.4. The molecule has 14 heavy (non-hydrogen) atoms. The molecule has 0 saturated carbocycles. The fourth-order valence-corrected chi connectivity index (χ4v) is 0.965. The molecule has 0 radical (unpaired) electrons. The first-order valence-corrected chi connectivity index (χ1v) is 4.52. The van der Waals surface area contributed by atoms with Gasteiger partial charge in [0.2, 0.25) is 0 Å². The number of carbonyl (C=O) groups is 1. The van der Waals surface area contributed by atoms with E-state index in [2.05, 4.69) is 0 Å². The smallest absolute Gasteiger partial charge is 0.304 e. The summed E-state index contributed by atoms with van der Waals surface area (Å²) in [7, 11) is 3.89. The van der Waals surface area contributed by atoms with E-state index in [0.717, 1.165) is 13.1 Å². The summed E-state index contributed by atoms with van der Waals surface area (Å²) in [5, 5.41) is 17.0. The zero-order valence-electron chi connectivity index (χ0n) is 8.73. The van der Waals surface area contributed by atoms with E-state index in [1.165, 1.54) is 0 Å². The second kappa shape index (κ2) is 7.30. The van der Waals surface area contributed by atoms with Gasteiger partial charge in [0.1, 0.15) is 0 Å². The number of nitriles is 1. The van der Waals surface area contributed by atoms with Crippen LogP contribution in [0.3, 0.4) is 0 Å². The molecule has 5 nitrogen and oxygen atoms in total. The van der Waals surface area contributed by atoms with Crippen LogP contribution >= 0.6 is 0 Å². The topological polar surface area (TPSA) is 67.6 Å². The number of likely N-dealkylation sites (N-methyl/N-ethyl adjacent to an activating group) is 1. The Kier molecular flexibility index (Phi) is 6.72. The Balaban J connectivity index is 3.78. The maximum Gasteiger partial charge on any atom is 0.304 e. The molecule has 0 bridgehead atoms. The molecule has 0 saturated heterocycles. The van der Waals surface area contributed by atoms with Crippen LogP contribution in [0.4, 0.5) is 0 Å². The van der Waals surface area contributed by atoms with Crippen molar-refractivity contribution in [2.24, 2.45) is 0 Å². The van der Waals surface area contributed by atoms with Gasteiger partial charge in [0, 0.05) is 19.6 Å². The summed E-state index contributed by atoms with van der Waals surface area (Å²) in [5.41, 5.74) is 0. The number of rotatable bonds is 7. The average Bonchev–Trinajstić information content (AvgIpc) is 2.09. The highest BCUT2D eigenvalue weighted by Gasteiger charge is 2.06. The van der Waals surface area contributed by atoms with E-state index >= 15 is 0 Å². The maximum absolute atomic E-state index is 10.3. The van der Waals surface area contributed by atoms with Crippen molar-refractivity contribution in [2.45, 2.75) is 6.42 Å². The third-order valence-electron chi connectivity index (χ3n) is 1.80. The lowest BCUT2D eigenvalue weighted by Gasteiger charge is -2.20. The molecule has 0 unspecified atom stereocenters. The Morgan fingerprint density at radius 2 is 2.00 bits per heavy atom. The molecule has 0 aliphatic rings. The Hall–Kier alpha value is -1.12. The Morgan fingerprint density at radius 1 is 1.36 bits per heavy atom. The second-order valence-electron chi connectivity index (χ2n) is 3.38. The minimum absolute atomic E-state index is 0.0924. The van der Waals surface area contributed by atoms with Crippen LogP contribution in [0.15, 0.2) is 0 Å². The van der Waals surface area contributed by atoms with Crippen molar-refractivity contribution in [3.63, 3.8) is 0 Å². The molecule has 0 aliphatic carbocycles. The lowest BCUT2D eigenvalue weighted by Crippen LogP contribution is -2.33. The largest absolute Gasteiger partial charge is 0.481 e. The van der Waals surface area contributed by atoms with Crippen LogP contribution in [-0.2, 0) is 4.79 Å². The molecule has 0 atom stereocenters. The van der Waals surface area contributed by atoms with Crippen LogP contribution in [0.1, 0.15) is 6.42 Å². The van der Waals surface area contributed by atoms with E-state index in [4.69, 9.17) is 10.4 Å². The van der Waals surface area contributed by atoms with E-state index in [-0.39, 0.29) is 6.42 Å². The van der Waals surface area contributed by atoms with Crippen LogP contribution in [0.25, 0.3) is 0 Å². The highest BCUT2D eigenvalue weighted by Crippen LogP contribution is 1.91. The molecule has 0 aromatic heterocycles. The van der Waals surface area contributed by atoms with E-state index in [1.807, 2.05) is 30.0 Å². The van der Waals surface area contributed by atoms with Gasteiger partial charge in [0.25, 0.3) is 0 Å². The van der Waals surface area contributed by atoms with Crippen LogP contribution in [0.2, 0.25) is 0 Å².